The molecule has 10 N–H and O–H groups in total. The van der Waals surface area contributed by atoms with Crippen molar-refractivity contribution in [2.75, 3.05) is 31.3 Å². The van der Waals surface area contributed by atoms with Gasteiger partial charge in [-0.2, -0.15) is 0 Å². The number of nitrogens with zero attached hydrogens (tertiary/aromatic N) is 8. The highest BCUT2D eigenvalue weighted by atomic mass is 31.2. The second-order valence-corrected chi connectivity index (χ2v) is 14.3. The Kier molecular flexibility index (Phi) is 11.0. The van der Waals surface area contributed by atoms with E-state index in [4.69, 9.17) is 44.8 Å². The summed E-state index contributed by atoms with van der Waals surface area (Å²) in [5.41, 5.74) is 18.5. The summed E-state index contributed by atoms with van der Waals surface area (Å²) in [6, 6.07) is -1.07. The minimum atomic E-state index is -4.94. The zero-order valence-corrected chi connectivity index (χ0v) is 28.2. The number of fused-ring (bicyclic) bond motifs is 2. The molecule has 5 unspecified atom stereocenters. The molecule has 0 saturated carbocycles. The highest BCUT2D eigenvalue weighted by Gasteiger charge is 2.46. The number of imidazole rings is 2. The zero-order chi connectivity index (χ0) is 36.5. The monoisotopic (exact) mass is 759 g/mol. The summed E-state index contributed by atoms with van der Waals surface area (Å²) in [5.74, 6) is 0.217. The SMILES string of the molecule is Nc1ncnc2c1ncn2[C@H]1CC(OP(=O)(O)OC[C@H]2O[C@@H](n3cnc4c(N)ncnc43)CC2OP(=O)(O)OC[C@@H](O)C(N)CC=O)[C@@H](CO)O1. The van der Waals surface area contributed by atoms with Crippen molar-refractivity contribution in [1.29, 1.82) is 0 Å². The van der Waals surface area contributed by atoms with Gasteiger partial charge in [0, 0.05) is 25.3 Å². The van der Waals surface area contributed by atoms with Gasteiger partial charge < -0.3 is 51.5 Å². The number of aliphatic hydroxyl groups excluding tert-OH is 2. The molecule has 10 atom stereocenters. The van der Waals surface area contributed by atoms with E-state index in [-0.39, 0.29) is 42.1 Å². The largest absolute Gasteiger partial charge is 0.472 e. The molecule has 0 bridgehead atoms. The lowest BCUT2D eigenvalue weighted by atomic mass is 10.1. The summed E-state index contributed by atoms with van der Waals surface area (Å²) in [6.07, 6.45) is -2.88. The maximum absolute atomic E-state index is 13.2. The van der Waals surface area contributed by atoms with Gasteiger partial charge in [0.15, 0.2) is 22.9 Å². The van der Waals surface area contributed by atoms with Crippen molar-refractivity contribution in [3.05, 3.63) is 25.3 Å². The summed E-state index contributed by atoms with van der Waals surface area (Å²) in [6.45, 7) is -2.05. The van der Waals surface area contributed by atoms with Crippen LogP contribution in [0, 0.1) is 0 Å². The first-order valence-electron chi connectivity index (χ1n) is 15.3. The van der Waals surface area contributed by atoms with Crippen molar-refractivity contribution in [3.63, 3.8) is 0 Å². The summed E-state index contributed by atoms with van der Waals surface area (Å²) in [7, 11) is -9.89. The summed E-state index contributed by atoms with van der Waals surface area (Å²) >= 11 is 0. The Bertz CT molecular complexity index is 1950. The average Bonchev–Trinajstić information content (AvgIpc) is 3.88. The van der Waals surface area contributed by atoms with Gasteiger partial charge in [0.1, 0.15) is 66.8 Å². The van der Waals surface area contributed by atoms with Gasteiger partial charge in [-0.05, 0) is 0 Å². The number of phosphoric ester groups is 2. The maximum atomic E-state index is 13.2. The molecule has 0 radical (unpaired) electrons. The Labute approximate surface area is 287 Å². The van der Waals surface area contributed by atoms with Crippen molar-refractivity contribution < 1.29 is 61.5 Å². The van der Waals surface area contributed by atoms with Gasteiger partial charge in [-0.3, -0.25) is 27.2 Å². The fourth-order valence-electron chi connectivity index (χ4n) is 5.57. The molecule has 51 heavy (non-hydrogen) atoms. The van der Waals surface area contributed by atoms with Gasteiger partial charge in [0.2, 0.25) is 0 Å². The Hall–Kier alpha value is -3.61. The molecule has 0 spiro atoms. The van der Waals surface area contributed by atoms with E-state index in [1.54, 1.807) is 0 Å². The number of ether oxygens (including phenoxy) is 2. The van der Waals surface area contributed by atoms with Crippen LogP contribution in [-0.2, 0) is 41.5 Å². The number of hydrogen-bond acceptors (Lipinski definition) is 20. The van der Waals surface area contributed by atoms with Crippen LogP contribution in [0.3, 0.4) is 0 Å². The van der Waals surface area contributed by atoms with Crippen LogP contribution in [0.2, 0.25) is 0 Å². The Morgan fingerprint density at radius 3 is 1.90 bits per heavy atom. The summed E-state index contributed by atoms with van der Waals surface area (Å²) < 4.78 is 62.0. The van der Waals surface area contributed by atoms with Crippen LogP contribution in [0.1, 0.15) is 31.7 Å². The number of aldehydes is 1. The van der Waals surface area contributed by atoms with Gasteiger partial charge in [0.25, 0.3) is 0 Å². The van der Waals surface area contributed by atoms with Crippen molar-refractivity contribution >= 4 is 55.9 Å². The van der Waals surface area contributed by atoms with Crippen molar-refractivity contribution in [2.24, 2.45) is 5.73 Å². The number of rotatable bonds is 16. The maximum Gasteiger partial charge on any atom is 0.472 e. The number of nitrogens with two attached hydrogens (primary N) is 3. The van der Waals surface area contributed by atoms with Crippen LogP contribution in [-0.4, -0.2) is 122 Å². The lowest BCUT2D eigenvalue weighted by Gasteiger charge is -2.24. The van der Waals surface area contributed by atoms with Crippen molar-refractivity contribution in [1.82, 2.24) is 39.0 Å². The summed E-state index contributed by atoms with van der Waals surface area (Å²) in [5, 5.41) is 20.0. The van der Waals surface area contributed by atoms with Gasteiger partial charge in [-0.1, -0.05) is 0 Å². The van der Waals surface area contributed by atoms with E-state index in [1.165, 1.54) is 34.4 Å². The number of phosphoric acid groups is 2. The van der Waals surface area contributed by atoms with E-state index in [0.29, 0.717) is 17.5 Å². The molecular weight excluding hydrogens is 724 g/mol. The smallest absolute Gasteiger partial charge is 0.394 e. The highest BCUT2D eigenvalue weighted by Crippen LogP contribution is 2.52. The minimum absolute atomic E-state index is 0.0334. The molecule has 2 fully saturated rings. The fourth-order valence-corrected chi connectivity index (χ4v) is 7.50. The molecular formula is C25H35N11O13P2. The molecule has 2 saturated heterocycles. The second kappa shape index (κ2) is 15.2. The molecule has 4 aromatic rings. The molecule has 6 heterocycles. The molecule has 2 aliphatic rings. The van der Waals surface area contributed by atoms with Crippen LogP contribution >= 0.6 is 15.6 Å². The van der Waals surface area contributed by atoms with Crippen LogP contribution in [0.4, 0.5) is 11.6 Å². The predicted octanol–water partition coefficient (Wildman–Crippen LogP) is -1.32. The molecule has 6 rings (SSSR count). The van der Waals surface area contributed by atoms with Gasteiger partial charge in [0.05, 0.1) is 38.6 Å². The van der Waals surface area contributed by atoms with E-state index in [2.05, 4.69) is 29.9 Å². The number of carbonyl (C=O) groups is 1. The average molecular weight is 760 g/mol. The van der Waals surface area contributed by atoms with Gasteiger partial charge >= 0.3 is 15.6 Å². The predicted molar refractivity (Wildman–Crippen MR) is 170 cm³/mol. The number of nitrogen functional groups attached to an aromatic ring is 2. The number of hydrogen-bond donors (Lipinski definition) is 7. The molecule has 0 amide bonds. The van der Waals surface area contributed by atoms with Crippen LogP contribution < -0.4 is 17.2 Å². The molecule has 278 valence electrons. The first kappa shape index (κ1) is 37.2. The third kappa shape index (κ3) is 8.23. The van der Waals surface area contributed by atoms with E-state index in [1.807, 2.05) is 0 Å². The highest BCUT2D eigenvalue weighted by molar-refractivity contribution is 7.47. The number of anilines is 2. The molecule has 0 aromatic carbocycles. The number of aliphatic hydroxyl groups is 2. The normalized spacial score (nSPS) is 27.4. The van der Waals surface area contributed by atoms with Crippen molar-refractivity contribution in [3.8, 4) is 0 Å². The van der Waals surface area contributed by atoms with Crippen LogP contribution in [0.25, 0.3) is 22.3 Å². The minimum Gasteiger partial charge on any atom is -0.394 e. The Morgan fingerprint density at radius 2 is 1.37 bits per heavy atom. The standard InChI is InChI=1S/C25H35N11O13P2/c26-12(1-2-37)13(39)6-44-50(40,41)49-15-4-19(36-11-34-21-23(28)30-9-32-25(21)36)47-17(15)7-45-51(42,43)48-14-3-18(46-16(14)5-38)35-10-33-20-22(27)29-8-31-24(20)35/h2,8-19,38-39H,1,3-7,26H2,(H,40,41)(H,42,43)(H2,27,29,31)(H2,28,30,32)/t12?,13-,14?,15?,16-,17-,18-,19-/m1/s1. The van der Waals surface area contributed by atoms with E-state index < -0.39 is 84.5 Å². The van der Waals surface area contributed by atoms with Gasteiger partial charge in [-0.25, -0.2) is 39.0 Å². The molecule has 4 aromatic heterocycles. The fraction of sp³-hybridized carbons (Fsp3) is 0.560. The quantitative estimate of drug-likeness (QED) is 0.0514. The first-order chi connectivity index (χ1) is 24.3. The third-order valence-electron chi connectivity index (χ3n) is 8.15. The zero-order valence-electron chi connectivity index (χ0n) is 26.4. The Balaban J connectivity index is 1.15. The van der Waals surface area contributed by atoms with Gasteiger partial charge in [-0.15, -0.1) is 0 Å². The van der Waals surface area contributed by atoms with E-state index >= 15 is 0 Å². The molecule has 0 aliphatic carbocycles. The lowest BCUT2D eigenvalue weighted by molar-refractivity contribution is -0.108. The molecule has 24 nitrogen and oxygen atoms in total. The number of aromatic nitrogens is 8. The topological polar surface area (TPSA) is 353 Å². The first-order valence-corrected chi connectivity index (χ1v) is 18.2. The number of carbonyl (C=O) groups excluding carboxylic acids is 1. The summed E-state index contributed by atoms with van der Waals surface area (Å²) in [4.78, 5) is 56.4. The lowest BCUT2D eigenvalue weighted by Crippen LogP contribution is -2.38. The van der Waals surface area contributed by atoms with E-state index in [9.17, 15) is 33.9 Å². The van der Waals surface area contributed by atoms with E-state index in [0.717, 1.165) is 0 Å². The second-order valence-electron chi connectivity index (χ2n) is 11.5. The van der Waals surface area contributed by atoms with Crippen LogP contribution in [0.15, 0.2) is 25.3 Å². The third-order valence-corrected chi connectivity index (χ3v) is 10.2. The van der Waals surface area contributed by atoms with Crippen molar-refractivity contribution in [2.45, 2.75) is 68.3 Å². The molecule has 26 heteroatoms. The van der Waals surface area contributed by atoms with Crippen LogP contribution in [0.5, 0.6) is 0 Å². The Morgan fingerprint density at radius 1 is 0.863 bits per heavy atom. The molecule has 2 aliphatic heterocycles.